The van der Waals surface area contributed by atoms with E-state index in [-0.39, 0.29) is 5.41 Å². The topological polar surface area (TPSA) is 57.4 Å². The molecule has 0 amide bonds. The number of nitrogens with two attached hydrogens (primary N) is 1. The van der Waals surface area contributed by atoms with E-state index in [0.29, 0.717) is 12.4 Å². The predicted molar refractivity (Wildman–Crippen MR) is 83.9 cm³/mol. The van der Waals surface area contributed by atoms with E-state index in [1.54, 1.807) is 13.3 Å². The first kappa shape index (κ1) is 15.3. The van der Waals surface area contributed by atoms with Crippen molar-refractivity contribution in [2.45, 2.75) is 32.7 Å². The number of hydrogen-bond acceptors (Lipinski definition) is 4. The van der Waals surface area contributed by atoms with Crippen LogP contribution in [-0.2, 0) is 12.0 Å². The lowest BCUT2D eigenvalue weighted by Gasteiger charge is -2.23. The van der Waals surface area contributed by atoms with Crippen LogP contribution in [0.4, 0.5) is 0 Å². The molecule has 0 fully saturated rings. The second kappa shape index (κ2) is 6.14. The van der Waals surface area contributed by atoms with Gasteiger partial charge in [-0.2, -0.15) is 0 Å². The molecule has 0 unspecified atom stereocenters. The average molecular weight is 286 g/mol. The van der Waals surface area contributed by atoms with E-state index in [1.165, 1.54) is 0 Å². The van der Waals surface area contributed by atoms with Crippen molar-refractivity contribution in [2.75, 3.05) is 7.11 Å². The molecule has 0 saturated carbocycles. The van der Waals surface area contributed by atoms with E-state index >= 15 is 0 Å². The average Bonchev–Trinajstić information content (AvgIpc) is 2.47. The highest BCUT2D eigenvalue weighted by molar-refractivity contribution is 5.45. The van der Waals surface area contributed by atoms with Gasteiger partial charge in [0.1, 0.15) is 11.5 Å². The van der Waals surface area contributed by atoms with E-state index < -0.39 is 0 Å². The quantitative estimate of drug-likeness (QED) is 0.932. The molecule has 112 valence electrons. The van der Waals surface area contributed by atoms with Crippen molar-refractivity contribution in [2.24, 2.45) is 5.73 Å². The summed E-state index contributed by atoms with van der Waals surface area (Å²) < 4.78 is 11.2. The number of hydrogen-bond donors (Lipinski definition) is 1. The predicted octanol–water partition coefficient (Wildman–Crippen LogP) is 3.64. The monoisotopic (exact) mass is 286 g/mol. The molecule has 0 spiro atoms. The lowest BCUT2D eigenvalue weighted by molar-refractivity contribution is 0.405. The maximum absolute atomic E-state index is 5.93. The Hall–Kier alpha value is -2.07. The van der Waals surface area contributed by atoms with Gasteiger partial charge in [0.25, 0.3) is 0 Å². The molecule has 4 heteroatoms. The molecule has 1 aromatic heterocycles. The Bertz CT molecular complexity index is 601. The highest BCUT2D eigenvalue weighted by Crippen LogP contribution is 2.36. The third kappa shape index (κ3) is 3.73. The second-order valence-corrected chi connectivity index (χ2v) is 5.92. The highest BCUT2D eigenvalue weighted by Gasteiger charge is 2.20. The van der Waals surface area contributed by atoms with Gasteiger partial charge in [0.15, 0.2) is 0 Å². The van der Waals surface area contributed by atoms with Gasteiger partial charge in [-0.3, -0.25) is 0 Å². The molecule has 0 aliphatic heterocycles. The number of aromatic nitrogens is 1. The maximum atomic E-state index is 5.93. The first-order valence-electron chi connectivity index (χ1n) is 6.95. The fourth-order valence-electron chi connectivity index (χ4n) is 2.02. The Morgan fingerprint density at radius 2 is 1.90 bits per heavy atom. The van der Waals surface area contributed by atoms with Gasteiger partial charge < -0.3 is 15.2 Å². The number of nitrogens with zero attached hydrogens (tertiary/aromatic N) is 1. The second-order valence-electron chi connectivity index (χ2n) is 5.92. The largest absolute Gasteiger partial charge is 0.497 e. The third-order valence-electron chi connectivity index (χ3n) is 3.24. The van der Waals surface area contributed by atoms with Crippen LogP contribution in [0.2, 0.25) is 0 Å². The molecule has 0 aliphatic rings. The van der Waals surface area contributed by atoms with Crippen LogP contribution >= 0.6 is 0 Å². The number of rotatable bonds is 4. The van der Waals surface area contributed by atoms with E-state index in [1.807, 2.05) is 30.3 Å². The lowest BCUT2D eigenvalue weighted by Crippen LogP contribution is -2.13. The van der Waals surface area contributed by atoms with Crippen LogP contribution in [0.25, 0.3) is 0 Å². The van der Waals surface area contributed by atoms with Crippen LogP contribution in [0.15, 0.2) is 36.5 Å². The van der Waals surface area contributed by atoms with Gasteiger partial charge in [0.05, 0.1) is 7.11 Å². The van der Waals surface area contributed by atoms with E-state index in [9.17, 15) is 0 Å². The van der Waals surface area contributed by atoms with Crippen molar-refractivity contribution < 1.29 is 9.47 Å². The van der Waals surface area contributed by atoms with E-state index in [0.717, 1.165) is 22.6 Å². The van der Waals surface area contributed by atoms with Crippen LogP contribution in [0, 0.1) is 0 Å². The molecule has 2 N–H and O–H groups in total. The van der Waals surface area contributed by atoms with Crippen LogP contribution in [0.3, 0.4) is 0 Å². The summed E-state index contributed by atoms with van der Waals surface area (Å²) in [5, 5.41) is 0. The van der Waals surface area contributed by atoms with E-state index in [4.69, 9.17) is 15.2 Å². The van der Waals surface area contributed by atoms with Crippen molar-refractivity contribution in [1.82, 2.24) is 4.98 Å². The lowest BCUT2D eigenvalue weighted by atomic mass is 9.86. The molecular formula is C17H22N2O2. The van der Waals surface area contributed by atoms with Crippen LogP contribution in [-0.4, -0.2) is 12.1 Å². The molecule has 0 saturated heterocycles. The molecule has 21 heavy (non-hydrogen) atoms. The standard InChI is InChI=1S/C17H22N2O2/c1-17(2,3)14-9-13(20-4)6-7-15(14)21-16-8-5-12(10-18)11-19-16/h5-9,11H,10,18H2,1-4H3. The van der Waals surface area contributed by atoms with E-state index in [2.05, 4.69) is 25.8 Å². The Morgan fingerprint density at radius 3 is 2.43 bits per heavy atom. The SMILES string of the molecule is COc1ccc(Oc2ccc(CN)cn2)c(C(C)(C)C)c1. The molecule has 0 bridgehead atoms. The fourth-order valence-corrected chi connectivity index (χ4v) is 2.02. The van der Waals surface area contributed by atoms with Crippen molar-refractivity contribution in [1.29, 1.82) is 0 Å². The van der Waals surface area contributed by atoms with Gasteiger partial charge in [0, 0.05) is 24.4 Å². The summed E-state index contributed by atoms with van der Waals surface area (Å²) >= 11 is 0. The summed E-state index contributed by atoms with van der Waals surface area (Å²) in [5.41, 5.74) is 7.57. The highest BCUT2D eigenvalue weighted by atomic mass is 16.5. The van der Waals surface area contributed by atoms with Gasteiger partial charge in [-0.15, -0.1) is 0 Å². The molecule has 2 rings (SSSR count). The van der Waals surface area contributed by atoms with Crippen molar-refractivity contribution >= 4 is 0 Å². The minimum absolute atomic E-state index is 0.0545. The summed E-state index contributed by atoms with van der Waals surface area (Å²) in [4.78, 5) is 4.28. The smallest absolute Gasteiger partial charge is 0.219 e. The van der Waals surface area contributed by atoms with Gasteiger partial charge in [0.2, 0.25) is 5.88 Å². The Morgan fingerprint density at radius 1 is 1.14 bits per heavy atom. The molecule has 1 aromatic carbocycles. The zero-order chi connectivity index (χ0) is 15.5. The Labute approximate surface area is 125 Å². The molecule has 1 heterocycles. The van der Waals surface area contributed by atoms with Gasteiger partial charge >= 0.3 is 0 Å². The molecule has 2 aromatic rings. The summed E-state index contributed by atoms with van der Waals surface area (Å²) in [7, 11) is 1.66. The number of benzene rings is 1. The van der Waals surface area contributed by atoms with Crippen LogP contribution in [0.5, 0.6) is 17.4 Å². The zero-order valence-corrected chi connectivity index (χ0v) is 13.0. The van der Waals surface area contributed by atoms with Crippen LogP contribution in [0.1, 0.15) is 31.9 Å². The first-order chi connectivity index (χ1) is 9.94. The third-order valence-corrected chi connectivity index (χ3v) is 3.24. The van der Waals surface area contributed by atoms with Crippen molar-refractivity contribution in [3.63, 3.8) is 0 Å². The maximum Gasteiger partial charge on any atom is 0.219 e. The minimum atomic E-state index is -0.0545. The molecule has 4 nitrogen and oxygen atoms in total. The van der Waals surface area contributed by atoms with Crippen LogP contribution < -0.4 is 15.2 Å². The molecular weight excluding hydrogens is 264 g/mol. The summed E-state index contributed by atoms with van der Waals surface area (Å²) in [5.74, 6) is 2.16. The summed E-state index contributed by atoms with van der Waals surface area (Å²) in [6, 6.07) is 9.56. The summed E-state index contributed by atoms with van der Waals surface area (Å²) in [6.07, 6.45) is 1.73. The molecule has 0 aliphatic carbocycles. The Kier molecular flexibility index (Phi) is 4.48. The number of methoxy groups -OCH3 is 1. The van der Waals surface area contributed by atoms with Gasteiger partial charge in [-0.25, -0.2) is 4.98 Å². The Balaban J connectivity index is 2.34. The fraction of sp³-hybridized carbons (Fsp3) is 0.353. The molecule has 0 radical (unpaired) electrons. The first-order valence-corrected chi connectivity index (χ1v) is 6.95. The minimum Gasteiger partial charge on any atom is -0.497 e. The normalized spacial score (nSPS) is 11.3. The number of ether oxygens (including phenoxy) is 2. The van der Waals surface area contributed by atoms with Gasteiger partial charge in [-0.05, 0) is 29.2 Å². The van der Waals surface area contributed by atoms with Crippen molar-refractivity contribution in [3.8, 4) is 17.4 Å². The summed E-state index contributed by atoms with van der Waals surface area (Å²) in [6.45, 7) is 6.89. The van der Waals surface area contributed by atoms with Gasteiger partial charge in [-0.1, -0.05) is 26.8 Å². The van der Waals surface area contributed by atoms with Crippen molar-refractivity contribution in [3.05, 3.63) is 47.7 Å². The number of pyridine rings is 1. The molecule has 0 atom stereocenters. The zero-order valence-electron chi connectivity index (χ0n) is 13.0.